The molecule has 0 saturated heterocycles. The maximum Gasteiger partial charge on any atom is 0.0714 e. The normalized spacial score (nSPS) is 13.8. The molecule has 4 aromatic rings. The van der Waals surface area contributed by atoms with Crippen molar-refractivity contribution in [1.29, 1.82) is 0 Å². The Morgan fingerprint density at radius 1 is 0.571 bits per heavy atom. The molecule has 0 radical (unpaired) electrons. The van der Waals surface area contributed by atoms with E-state index in [1.165, 1.54) is 44.5 Å². The van der Waals surface area contributed by atoms with Gasteiger partial charge in [0, 0.05) is 5.69 Å². The molecule has 0 saturated carbocycles. The molecule has 136 valence electrons. The van der Waals surface area contributed by atoms with Crippen LogP contribution >= 0.6 is 0 Å². The first-order valence-corrected chi connectivity index (χ1v) is 9.75. The van der Waals surface area contributed by atoms with E-state index in [0.29, 0.717) is 0 Å². The summed E-state index contributed by atoms with van der Waals surface area (Å²) in [5, 5.41) is 0. The van der Waals surface area contributed by atoms with E-state index in [9.17, 15) is 0 Å². The molecule has 1 aliphatic carbocycles. The van der Waals surface area contributed by atoms with Gasteiger partial charge in [0.1, 0.15) is 0 Å². The van der Waals surface area contributed by atoms with Crippen LogP contribution in [0.2, 0.25) is 0 Å². The number of fused-ring (bicyclic) bond motifs is 3. The van der Waals surface area contributed by atoms with Crippen LogP contribution in [-0.2, 0) is 5.41 Å². The monoisotopic (exact) mass is 361 g/mol. The van der Waals surface area contributed by atoms with E-state index < -0.39 is 0 Å². The van der Waals surface area contributed by atoms with Gasteiger partial charge < -0.3 is 5.73 Å². The number of hydrogen-bond acceptors (Lipinski definition) is 1. The fourth-order valence-corrected chi connectivity index (χ4v) is 4.69. The summed E-state index contributed by atoms with van der Waals surface area (Å²) >= 11 is 0. The van der Waals surface area contributed by atoms with Crippen LogP contribution in [0.1, 0.15) is 33.4 Å². The summed E-state index contributed by atoms with van der Waals surface area (Å²) in [7, 11) is 0. The Balaban J connectivity index is 1.96. The number of aryl methyl sites for hydroxylation is 2. The molecule has 0 unspecified atom stereocenters. The largest absolute Gasteiger partial charge is 0.399 e. The zero-order chi connectivity index (χ0) is 19.3. The molecule has 1 nitrogen and oxygen atoms in total. The number of rotatable bonds is 2. The fourth-order valence-electron chi connectivity index (χ4n) is 4.69. The van der Waals surface area contributed by atoms with Crippen LogP contribution in [0, 0.1) is 13.8 Å². The topological polar surface area (TPSA) is 26.0 Å². The second-order valence-electron chi connectivity index (χ2n) is 7.83. The molecule has 0 aliphatic heterocycles. The average molecular weight is 361 g/mol. The minimum atomic E-state index is -0.358. The second-order valence-corrected chi connectivity index (χ2v) is 7.83. The molecule has 1 aliphatic rings. The highest BCUT2D eigenvalue weighted by Crippen LogP contribution is 2.56. The molecular formula is C27H23N. The van der Waals surface area contributed by atoms with Crippen molar-refractivity contribution >= 4 is 5.69 Å². The lowest BCUT2D eigenvalue weighted by atomic mass is 9.67. The molecule has 1 heteroatoms. The predicted octanol–water partition coefficient (Wildman–Crippen LogP) is 6.25. The van der Waals surface area contributed by atoms with E-state index >= 15 is 0 Å². The van der Waals surface area contributed by atoms with Gasteiger partial charge in [-0.05, 0) is 59.4 Å². The maximum absolute atomic E-state index is 6.29. The molecule has 0 heterocycles. The van der Waals surface area contributed by atoms with E-state index in [1.54, 1.807) is 0 Å². The van der Waals surface area contributed by atoms with E-state index in [2.05, 4.69) is 98.8 Å². The summed E-state index contributed by atoms with van der Waals surface area (Å²) in [4.78, 5) is 0. The summed E-state index contributed by atoms with van der Waals surface area (Å²) in [6, 6.07) is 33.0. The van der Waals surface area contributed by atoms with Crippen molar-refractivity contribution < 1.29 is 0 Å². The molecule has 5 rings (SSSR count). The van der Waals surface area contributed by atoms with Gasteiger partial charge in [-0.15, -0.1) is 0 Å². The van der Waals surface area contributed by atoms with Crippen molar-refractivity contribution in [3.8, 4) is 11.1 Å². The predicted molar refractivity (Wildman–Crippen MR) is 118 cm³/mol. The highest BCUT2D eigenvalue weighted by molar-refractivity contribution is 5.87. The first-order chi connectivity index (χ1) is 13.6. The summed E-state index contributed by atoms with van der Waals surface area (Å²) in [6.07, 6.45) is 0. The van der Waals surface area contributed by atoms with Gasteiger partial charge in [-0.3, -0.25) is 0 Å². The van der Waals surface area contributed by atoms with Gasteiger partial charge in [0.2, 0.25) is 0 Å². The summed E-state index contributed by atoms with van der Waals surface area (Å²) in [6.45, 7) is 4.27. The minimum Gasteiger partial charge on any atom is -0.399 e. The first kappa shape index (κ1) is 16.8. The van der Waals surface area contributed by atoms with E-state index in [1.807, 2.05) is 6.07 Å². The zero-order valence-electron chi connectivity index (χ0n) is 16.2. The van der Waals surface area contributed by atoms with E-state index in [-0.39, 0.29) is 5.41 Å². The van der Waals surface area contributed by atoms with Crippen LogP contribution in [0.25, 0.3) is 11.1 Å². The third-order valence-corrected chi connectivity index (χ3v) is 6.04. The lowest BCUT2D eigenvalue weighted by Crippen LogP contribution is -2.28. The van der Waals surface area contributed by atoms with Gasteiger partial charge in [-0.2, -0.15) is 0 Å². The molecule has 0 atom stereocenters. The maximum atomic E-state index is 6.29. The summed E-state index contributed by atoms with van der Waals surface area (Å²) in [5.41, 5.74) is 17.0. The molecule has 28 heavy (non-hydrogen) atoms. The quantitative estimate of drug-likeness (QED) is 0.370. The molecule has 2 N–H and O–H groups in total. The number of hydrogen-bond donors (Lipinski definition) is 1. The third-order valence-electron chi connectivity index (χ3n) is 6.04. The van der Waals surface area contributed by atoms with Crippen molar-refractivity contribution in [1.82, 2.24) is 0 Å². The van der Waals surface area contributed by atoms with Crippen LogP contribution in [0.15, 0.2) is 91.0 Å². The SMILES string of the molecule is Cc1ccc(C2(c3ccc(C)cc3)c3ccccc3-c3ccc(N)cc32)cc1. The summed E-state index contributed by atoms with van der Waals surface area (Å²) in [5.74, 6) is 0. The number of benzene rings is 4. The van der Waals surface area contributed by atoms with Crippen LogP contribution in [0.5, 0.6) is 0 Å². The summed E-state index contributed by atoms with van der Waals surface area (Å²) < 4.78 is 0. The molecular weight excluding hydrogens is 338 g/mol. The van der Waals surface area contributed by atoms with Crippen LogP contribution in [0.4, 0.5) is 5.69 Å². The van der Waals surface area contributed by atoms with Gasteiger partial charge in [-0.1, -0.05) is 90.0 Å². The Bertz CT molecular complexity index is 1120. The molecule has 0 amide bonds. The van der Waals surface area contributed by atoms with Crippen molar-refractivity contribution in [3.63, 3.8) is 0 Å². The average Bonchev–Trinajstić information content (AvgIpc) is 3.00. The third kappa shape index (κ3) is 2.26. The van der Waals surface area contributed by atoms with Crippen LogP contribution < -0.4 is 5.73 Å². The van der Waals surface area contributed by atoms with Gasteiger partial charge in [0.15, 0.2) is 0 Å². The molecule has 0 fully saturated rings. The molecule has 0 spiro atoms. The highest BCUT2D eigenvalue weighted by Gasteiger charge is 2.45. The van der Waals surface area contributed by atoms with E-state index in [4.69, 9.17) is 5.73 Å². The smallest absolute Gasteiger partial charge is 0.0714 e. The molecule has 0 aromatic heterocycles. The molecule has 0 bridgehead atoms. The van der Waals surface area contributed by atoms with Gasteiger partial charge in [0.25, 0.3) is 0 Å². The Morgan fingerprint density at radius 2 is 1.11 bits per heavy atom. The second kappa shape index (κ2) is 6.10. The van der Waals surface area contributed by atoms with Crippen molar-refractivity contribution in [2.45, 2.75) is 19.3 Å². The standard InChI is InChI=1S/C27H23N/c1-18-7-11-20(12-8-18)27(21-13-9-19(2)10-14-21)25-6-4-3-5-23(25)24-16-15-22(28)17-26(24)27/h3-17H,28H2,1-2H3. The lowest BCUT2D eigenvalue weighted by molar-refractivity contribution is 0.768. The number of nitrogens with two attached hydrogens (primary N) is 1. The Morgan fingerprint density at radius 3 is 1.71 bits per heavy atom. The number of anilines is 1. The van der Waals surface area contributed by atoms with Gasteiger partial charge in [0.05, 0.1) is 5.41 Å². The first-order valence-electron chi connectivity index (χ1n) is 9.75. The van der Waals surface area contributed by atoms with Crippen LogP contribution in [0.3, 0.4) is 0 Å². The van der Waals surface area contributed by atoms with Crippen molar-refractivity contribution in [2.24, 2.45) is 0 Å². The lowest BCUT2D eigenvalue weighted by Gasteiger charge is -2.34. The molecule has 4 aromatic carbocycles. The zero-order valence-corrected chi connectivity index (χ0v) is 16.2. The van der Waals surface area contributed by atoms with Gasteiger partial charge >= 0.3 is 0 Å². The van der Waals surface area contributed by atoms with Gasteiger partial charge in [-0.25, -0.2) is 0 Å². The van der Waals surface area contributed by atoms with Crippen molar-refractivity contribution in [3.05, 3.63) is 124 Å². The Labute approximate surface area is 166 Å². The Hall–Kier alpha value is -3.32. The number of nitrogen functional groups attached to an aromatic ring is 1. The fraction of sp³-hybridized carbons (Fsp3) is 0.111. The van der Waals surface area contributed by atoms with E-state index in [0.717, 1.165) is 5.69 Å². The minimum absolute atomic E-state index is 0.358. The van der Waals surface area contributed by atoms with Crippen molar-refractivity contribution in [2.75, 3.05) is 5.73 Å². The highest BCUT2D eigenvalue weighted by atomic mass is 14.6. The van der Waals surface area contributed by atoms with Crippen LogP contribution in [-0.4, -0.2) is 0 Å². The Kier molecular flexibility index (Phi) is 3.67.